The summed E-state index contributed by atoms with van der Waals surface area (Å²) in [6.45, 7) is 1.23. The second-order valence-corrected chi connectivity index (χ2v) is 4.97. The molecule has 0 bridgehead atoms. The Morgan fingerprint density at radius 1 is 1.19 bits per heavy atom. The van der Waals surface area contributed by atoms with E-state index in [0.29, 0.717) is 0 Å². The Morgan fingerprint density at radius 2 is 1.88 bits per heavy atom. The number of nitrogens with zero attached hydrogens (tertiary/aromatic N) is 1. The Balaban J connectivity index is 0.00000128. The molecule has 1 aliphatic rings. The van der Waals surface area contributed by atoms with E-state index in [1.807, 2.05) is 0 Å². The summed E-state index contributed by atoms with van der Waals surface area (Å²) in [6, 6.07) is 8.93. The molecule has 0 heterocycles. The van der Waals surface area contributed by atoms with Crippen molar-refractivity contribution in [1.29, 1.82) is 0 Å². The van der Waals surface area contributed by atoms with E-state index in [1.54, 1.807) is 11.1 Å². The van der Waals surface area contributed by atoms with Gasteiger partial charge in [0.25, 0.3) is 0 Å². The van der Waals surface area contributed by atoms with Crippen molar-refractivity contribution in [1.82, 2.24) is 4.90 Å². The van der Waals surface area contributed by atoms with E-state index in [1.165, 1.54) is 32.2 Å². The zero-order valence-electron chi connectivity index (χ0n) is 10.3. The quantitative estimate of drug-likeness (QED) is 0.783. The van der Waals surface area contributed by atoms with Crippen LogP contribution in [-0.2, 0) is 12.8 Å². The molecule has 16 heavy (non-hydrogen) atoms. The van der Waals surface area contributed by atoms with Gasteiger partial charge in [-0.05, 0) is 63.4 Å². The highest BCUT2D eigenvalue weighted by atomic mass is 35.5. The van der Waals surface area contributed by atoms with Gasteiger partial charge >= 0.3 is 0 Å². The second kappa shape index (κ2) is 6.27. The summed E-state index contributed by atoms with van der Waals surface area (Å²) in [4.78, 5) is 2.29. The molecule has 0 saturated carbocycles. The fourth-order valence-electron chi connectivity index (χ4n) is 2.46. The van der Waals surface area contributed by atoms with Crippen LogP contribution in [0.1, 0.15) is 24.0 Å². The number of hydrogen-bond donors (Lipinski definition) is 0. The molecule has 0 spiro atoms. The molecule has 90 valence electrons. The van der Waals surface area contributed by atoms with Crippen molar-refractivity contribution in [3.8, 4) is 0 Å². The van der Waals surface area contributed by atoms with Crippen molar-refractivity contribution < 1.29 is 0 Å². The van der Waals surface area contributed by atoms with E-state index >= 15 is 0 Å². The minimum atomic E-state index is 0. The highest BCUT2D eigenvalue weighted by Gasteiger charge is 2.17. The standard InChI is InChI=1S/C14H21N.ClH/c1-15(2)10-9-12-7-8-13-5-3-4-6-14(13)11-12;/h3-6,12H,7-11H2,1-2H3;1H. The minimum absolute atomic E-state index is 0. The molecule has 0 amide bonds. The van der Waals surface area contributed by atoms with E-state index in [4.69, 9.17) is 0 Å². The topological polar surface area (TPSA) is 3.24 Å². The summed E-state index contributed by atoms with van der Waals surface area (Å²) in [6.07, 6.45) is 5.31. The van der Waals surface area contributed by atoms with Crippen LogP contribution in [0.2, 0.25) is 0 Å². The second-order valence-electron chi connectivity index (χ2n) is 4.97. The van der Waals surface area contributed by atoms with Gasteiger partial charge in [0.15, 0.2) is 0 Å². The summed E-state index contributed by atoms with van der Waals surface area (Å²) in [5.41, 5.74) is 3.17. The number of benzene rings is 1. The summed E-state index contributed by atoms with van der Waals surface area (Å²) < 4.78 is 0. The molecule has 0 aromatic heterocycles. The maximum atomic E-state index is 2.30. The van der Waals surface area contributed by atoms with Crippen molar-refractivity contribution in [2.75, 3.05) is 20.6 Å². The molecule has 1 atom stereocenters. The van der Waals surface area contributed by atoms with Gasteiger partial charge in [-0.2, -0.15) is 0 Å². The Kier molecular flexibility index (Phi) is 5.30. The molecule has 2 heteroatoms. The maximum absolute atomic E-state index is 2.30. The van der Waals surface area contributed by atoms with Gasteiger partial charge in [0, 0.05) is 0 Å². The van der Waals surface area contributed by atoms with Crippen molar-refractivity contribution in [2.45, 2.75) is 25.7 Å². The fourth-order valence-corrected chi connectivity index (χ4v) is 2.46. The van der Waals surface area contributed by atoms with Gasteiger partial charge in [-0.1, -0.05) is 24.3 Å². The van der Waals surface area contributed by atoms with Crippen molar-refractivity contribution in [2.24, 2.45) is 5.92 Å². The first-order valence-electron chi connectivity index (χ1n) is 5.97. The van der Waals surface area contributed by atoms with Crippen molar-refractivity contribution in [3.63, 3.8) is 0 Å². The van der Waals surface area contributed by atoms with Gasteiger partial charge in [-0.25, -0.2) is 0 Å². The third-order valence-electron chi connectivity index (χ3n) is 3.43. The number of rotatable bonds is 3. The molecule has 0 fully saturated rings. The lowest BCUT2D eigenvalue weighted by molar-refractivity contribution is 0.331. The van der Waals surface area contributed by atoms with E-state index in [-0.39, 0.29) is 12.4 Å². The Morgan fingerprint density at radius 3 is 2.56 bits per heavy atom. The summed E-state index contributed by atoms with van der Waals surface area (Å²) in [5.74, 6) is 0.905. The molecule has 0 N–H and O–H groups in total. The molecular formula is C14H22ClN. The van der Waals surface area contributed by atoms with Crippen molar-refractivity contribution >= 4 is 12.4 Å². The van der Waals surface area contributed by atoms with Crippen LogP contribution >= 0.6 is 12.4 Å². The number of halogens is 1. The lowest BCUT2D eigenvalue weighted by atomic mass is 9.82. The zero-order chi connectivity index (χ0) is 10.7. The van der Waals surface area contributed by atoms with E-state index in [0.717, 1.165) is 5.92 Å². The molecule has 1 unspecified atom stereocenters. The average Bonchev–Trinajstić information content (AvgIpc) is 2.26. The first-order valence-corrected chi connectivity index (χ1v) is 5.97. The molecule has 0 aliphatic heterocycles. The monoisotopic (exact) mass is 239 g/mol. The molecule has 1 aliphatic carbocycles. The van der Waals surface area contributed by atoms with E-state index in [2.05, 4.69) is 43.3 Å². The van der Waals surface area contributed by atoms with Crippen LogP contribution < -0.4 is 0 Å². The Bertz CT molecular complexity index is 322. The Labute approximate surface area is 105 Å². The highest BCUT2D eigenvalue weighted by Crippen LogP contribution is 2.27. The Hall–Kier alpha value is -0.530. The van der Waals surface area contributed by atoms with Gasteiger partial charge in [0.2, 0.25) is 0 Å². The maximum Gasteiger partial charge on any atom is -0.00221 e. The third-order valence-corrected chi connectivity index (χ3v) is 3.43. The van der Waals surface area contributed by atoms with Gasteiger partial charge in [-0.15, -0.1) is 12.4 Å². The first kappa shape index (κ1) is 13.5. The van der Waals surface area contributed by atoms with E-state index < -0.39 is 0 Å². The third kappa shape index (κ3) is 3.50. The van der Waals surface area contributed by atoms with Crippen LogP contribution in [0.4, 0.5) is 0 Å². The summed E-state index contributed by atoms with van der Waals surface area (Å²) in [5, 5.41) is 0. The average molecular weight is 240 g/mol. The summed E-state index contributed by atoms with van der Waals surface area (Å²) in [7, 11) is 4.33. The van der Waals surface area contributed by atoms with Crippen LogP contribution in [-0.4, -0.2) is 25.5 Å². The minimum Gasteiger partial charge on any atom is -0.309 e. The number of aryl methyl sites for hydroxylation is 1. The van der Waals surface area contributed by atoms with Gasteiger partial charge < -0.3 is 4.90 Å². The molecule has 1 aromatic carbocycles. The number of hydrogen-bond acceptors (Lipinski definition) is 1. The smallest absolute Gasteiger partial charge is 0.00221 e. The SMILES string of the molecule is CN(C)CCC1CCc2ccccc2C1.Cl. The van der Waals surface area contributed by atoms with Crippen LogP contribution in [0, 0.1) is 5.92 Å². The van der Waals surface area contributed by atoms with Crippen LogP contribution in [0.15, 0.2) is 24.3 Å². The molecule has 0 radical (unpaired) electrons. The van der Waals surface area contributed by atoms with Gasteiger partial charge in [0.05, 0.1) is 0 Å². The van der Waals surface area contributed by atoms with Crippen LogP contribution in [0.3, 0.4) is 0 Å². The fraction of sp³-hybridized carbons (Fsp3) is 0.571. The van der Waals surface area contributed by atoms with Crippen LogP contribution in [0.25, 0.3) is 0 Å². The zero-order valence-corrected chi connectivity index (χ0v) is 11.1. The lowest BCUT2D eigenvalue weighted by Gasteiger charge is -2.25. The molecule has 2 rings (SSSR count). The highest BCUT2D eigenvalue weighted by molar-refractivity contribution is 5.85. The normalized spacial score (nSPS) is 19.1. The predicted molar refractivity (Wildman–Crippen MR) is 72.4 cm³/mol. The largest absolute Gasteiger partial charge is 0.309 e. The van der Waals surface area contributed by atoms with Crippen LogP contribution in [0.5, 0.6) is 0 Å². The van der Waals surface area contributed by atoms with Gasteiger partial charge in [0.1, 0.15) is 0 Å². The molecule has 0 saturated heterocycles. The van der Waals surface area contributed by atoms with E-state index in [9.17, 15) is 0 Å². The molecule has 1 nitrogen and oxygen atoms in total. The predicted octanol–water partition coefficient (Wildman–Crippen LogP) is 3.17. The number of fused-ring (bicyclic) bond motifs is 1. The lowest BCUT2D eigenvalue weighted by Crippen LogP contribution is -2.21. The first-order chi connectivity index (χ1) is 7.25. The summed E-state index contributed by atoms with van der Waals surface area (Å²) >= 11 is 0. The molecular weight excluding hydrogens is 218 g/mol. The van der Waals surface area contributed by atoms with Gasteiger partial charge in [-0.3, -0.25) is 0 Å². The molecule has 1 aromatic rings. The van der Waals surface area contributed by atoms with Crippen molar-refractivity contribution in [3.05, 3.63) is 35.4 Å².